The standard InChI is InChI=1S/C15H21O6P/c1-4-19-22(17,20-5-2)21-13(3)11-15(16)18-12-14-9-7-6-8-10-14/h6-11H,4-5,12H2,1-3H3. The Labute approximate surface area is 130 Å². The summed E-state index contributed by atoms with van der Waals surface area (Å²) in [5.41, 5.74) is 0.872. The Morgan fingerprint density at radius 3 is 2.27 bits per heavy atom. The third-order valence-corrected chi connectivity index (χ3v) is 4.04. The van der Waals surface area contributed by atoms with E-state index in [1.165, 1.54) is 6.92 Å². The van der Waals surface area contributed by atoms with E-state index in [4.69, 9.17) is 18.3 Å². The zero-order chi connectivity index (χ0) is 16.4. The minimum absolute atomic E-state index is 0.100. The van der Waals surface area contributed by atoms with Crippen LogP contribution in [-0.2, 0) is 34.3 Å². The summed E-state index contributed by atoms with van der Waals surface area (Å²) in [5.74, 6) is -0.496. The number of esters is 1. The van der Waals surface area contributed by atoms with Crippen LogP contribution in [0.3, 0.4) is 0 Å². The monoisotopic (exact) mass is 328 g/mol. The van der Waals surface area contributed by atoms with Crippen LogP contribution in [0.15, 0.2) is 42.2 Å². The van der Waals surface area contributed by atoms with Crippen molar-refractivity contribution in [2.24, 2.45) is 0 Å². The molecule has 6 nitrogen and oxygen atoms in total. The number of allylic oxidation sites excluding steroid dienone is 1. The van der Waals surface area contributed by atoms with E-state index in [1.54, 1.807) is 13.8 Å². The molecule has 122 valence electrons. The summed E-state index contributed by atoms with van der Waals surface area (Å²) in [6, 6.07) is 9.28. The van der Waals surface area contributed by atoms with Gasteiger partial charge >= 0.3 is 13.8 Å². The van der Waals surface area contributed by atoms with Gasteiger partial charge in [0.1, 0.15) is 12.4 Å². The first-order chi connectivity index (χ1) is 10.5. The highest BCUT2D eigenvalue weighted by Crippen LogP contribution is 2.51. The van der Waals surface area contributed by atoms with Gasteiger partial charge in [-0.3, -0.25) is 9.05 Å². The number of phosphoric acid groups is 1. The van der Waals surface area contributed by atoms with Crippen LogP contribution in [0.1, 0.15) is 26.3 Å². The minimum atomic E-state index is -3.68. The summed E-state index contributed by atoms with van der Waals surface area (Å²) >= 11 is 0. The number of carbonyl (C=O) groups is 1. The van der Waals surface area contributed by atoms with Crippen LogP contribution >= 0.6 is 7.82 Å². The Balaban J connectivity index is 2.55. The third-order valence-electron chi connectivity index (χ3n) is 2.38. The number of carbonyl (C=O) groups excluding carboxylic acids is 1. The first kappa shape index (κ1) is 18.4. The van der Waals surface area contributed by atoms with Gasteiger partial charge in [0.25, 0.3) is 0 Å². The molecule has 0 aliphatic carbocycles. The summed E-state index contributed by atoms with van der Waals surface area (Å²) < 4.78 is 32.2. The highest BCUT2D eigenvalue weighted by molar-refractivity contribution is 7.48. The van der Waals surface area contributed by atoms with E-state index in [0.717, 1.165) is 11.6 Å². The third kappa shape index (κ3) is 6.89. The summed E-state index contributed by atoms with van der Waals surface area (Å²) in [6.07, 6.45) is 1.10. The van der Waals surface area contributed by atoms with Gasteiger partial charge in [-0.05, 0) is 26.3 Å². The van der Waals surface area contributed by atoms with Crippen LogP contribution in [0.2, 0.25) is 0 Å². The lowest BCUT2D eigenvalue weighted by molar-refractivity contribution is -0.139. The highest BCUT2D eigenvalue weighted by atomic mass is 31.2. The Kier molecular flexibility index (Phi) is 7.88. The first-order valence-electron chi connectivity index (χ1n) is 6.96. The Morgan fingerprint density at radius 1 is 1.14 bits per heavy atom. The van der Waals surface area contributed by atoms with Crippen LogP contribution in [0.25, 0.3) is 0 Å². The molecular weight excluding hydrogens is 307 g/mol. The van der Waals surface area contributed by atoms with E-state index in [0.29, 0.717) is 0 Å². The molecule has 1 aromatic carbocycles. The quantitative estimate of drug-likeness (QED) is 0.297. The zero-order valence-corrected chi connectivity index (χ0v) is 13.9. The molecule has 0 saturated carbocycles. The summed E-state index contributed by atoms with van der Waals surface area (Å²) in [5, 5.41) is 0. The molecule has 1 rings (SSSR count). The number of hydrogen-bond donors (Lipinski definition) is 0. The Bertz CT molecular complexity index is 530. The lowest BCUT2D eigenvalue weighted by atomic mass is 10.2. The summed E-state index contributed by atoms with van der Waals surface area (Å²) in [7, 11) is -3.68. The van der Waals surface area contributed by atoms with E-state index in [9.17, 15) is 9.36 Å². The molecule has 7 heteroatoms. The number of hydrogen-bond acceptors (Lipinski definition) is 6. The lowest BCUT2D eigenvalue weighted by Crippen LogP contribution is -2.04. The van der Waals surface area contributed by atoms with E-state index in [1.807, 2.05) is 30.3 Å². The predicted molar refractivity (Wildman–Crippen MR) is 81.9 cm³/mol. The molecule has 22 heavy (non-hydrogen) atoms. The highest BCUT2D eigenvalue weighted by Gasteiger charge is 2.27. The topological polar surface area (TPSA) is 71.1 Å². The van der Waals surface area contributed by atoms with Crippen molar-refractivity contribution in [2.75, 3.05) is 13.2 Å². The molecule has 0 spiro atoms. The predicted octanol–water partition coefficient (Wildman–Crippen LogP) is 3.83. The van der Waals surface area contributed by atoms with Gasteiger partial charge in [0.2, 0.25) is 0 Å². The molecule has 0 saturated heterocycles. The van der Waals surface area contributed by atoms with Gasteiger partial charge in [0, 0.05) is 0 Å². The maximum absolute atomic E-state index is 12.1. The van der Waals surface area contributed by atoms with E-state index < -0.39 is 13.8 Å². The van der Waals surface area contributed by atoms with Gasteiger partial charge in [0.15, 0.2) is 0 Å². The maximum Gasteiger partial charge on any atom is 0.529 e. The number of benzene rings is 1. The van der Waals surface area contributed by atoms with Crippen LogP contribution in [0.5, 0.6) is 0 Å². The Hall–Kier alpha value is -1.62. The fraction of sp³-hybridized carbons (Fsp3) is 0.400. The van der Waals surface area contributed by atoms with E-state index in [2.05, 4.69) is 0 Å². The van der Waals surface area contributed by atoms with Crippen molar-refractivity contribution in [3.8, 4) is 0 Å². The molecule has 0 aliphatic rings. The molecule has 0 N–H and O–H groups in total. The number of rotatable bonds is 9. The molecule has 0 fully saturated rings. The smallest absolute Gasteiger partial charge is 0.458 e. The SMILES string of the molecule is CCOP(=O)(OCC)OC(C)=CC(=O)OCc1ccccc1. The van der Waals surface area contributed by atoms with Gasteiger partial charge in [0.05, 0.1) is 19.3 Å². The molecule has 0 atom stereocenters. The fourth-order valence-electron chi connectivity index (χ4n) is 1.55. The molecular formula is C15H21O6P. The van der Waals surface area contributed by atoms with Crippen molar-refractivity contribution in [3.05, 3.63) is 47.7 Å². The second kappa shape index (κ2) is 9.41. The average molecular weight is 328 g/mol. The summed E-state index contributed by atoms with van der Waals surface area (Å²) in [4.78, 5) is 11.7. The molecule has 0 heterocycles. The van der Waals surface area contributed by atoms with Gasteiger partial charge in [-0.15, -0.1) is 0 Å². The number of ether oxygens (including phenoxy) is 1. The van der Waals surface area contributed by atoms with Crippen molar-refractivity contribution in [3.63, 3.8) is 0 Å². The minimum Gasteiger partial charge on any atom is -0.458 e. The second-order valence-electron chi connectivity index (χ2n) is 4.22. The van der Waals surface area contributed by atoms with Crippen molar-refractivity contribution >= 4 is 13.8 Å². The van der Waals surface area contributed by atoms with Gasteiger partial charge in [-0.1, -0.05) is 30.3 Å². The molecule has 0 radical (unpaired) electrons. The molecule has 0 unspecified atom stereocenters. The fourth-order valence-corrected chi connectivity index (χ4v) is 2.76. The van der Waals surface area contributed by atoms with Crippen LogP contribution in [0.4, 0.5) is 0 Å². The van der Waals surface area contributed by atoms with Crippen LogP contribution in [-0.4, -0.2) is 19.2 Å². The lowest BCUT2D eigenvalue weighted by Gasteiger charge is -2.17. The van der Waals surface area contributed by atoms with Crippen LogP contribution < -0.4 is 0 Å². The van der Waals surface area contributed by atoms with Gasteiger partial charge in [-0.2, -0.15) is 0 Å². The maximum atomic E-state index is 12.1. The van der Waals surface area contributed by atoms with Gasteiger partial charge < -0.3 is 9.26 Å². The molecule has 0 aliphatic heterocycles. The molecule has 0 amide bonds. The largest absolute Gasteiger partial charge is 0.529 e. The van der Waals surface area contributed by atoms with E-state index >= 15 is 0 Å². The second-order valence-corrected chi connectivity index (χ2v) is 5.82. The van der Waals surface area contributed by atoms with E-state index in [-0.39, 0.29) is 25.6 Å². The average Bonchev–Trinajstić information content (AvgIpc) is 2.46. The number of phosphoric ester groups is 1. The van der Waals surface area contributed by atoms with Crippen molar-refractivity contribution in [1.82, 2.24) is 0 Å². The molecule has 0 aromatic heterocycles. The first-order valence-corrected chi connectivity index (χ1v) is 8.43. The molecule has 0 bridgehead atoms. The van der Waals surface area contributed by atoms with Crippen LogP contribution in [0, 0.1) is 0 Å². The molecule has 1 aromatic rings. The van der Waals surface area contributed by atoms with Crippen molar-refractivity contribution in [1.29, 1.82) is 0 Å². The summed E-state index contributed by atoms with van der Waals surface area (Å²) in [6.45, 7) is 5.31. The van der Waals surface area contributed by atoms with Gasteiger partial charge in [-0.25, -0.2) is 9.36 Å². The normalized spacial score (nSPS) is 12.0. The zero-order valence-electron chi connectivity index (χ0n) is 13.0. The van der Waals surface area contributed by atoms with Crippen molar-refractivity contribution < 1.29 is 27.7 Å². The van der Waals surface area contributed by atoms with Crippen molar-refractivity contribution in [2.45, 2.75) is 27.4 Å². The Morgan fingerprint density at radius 2 is 1.73 bits per heavy atom.